The fraction of sp³-hybridized carbons (Fsp3) is 0.400. The van der Waals surface area contributed by atoms with Gasteiger partial charge in [-0.1, -0.05) is 30.3 Å². The molecule has 0 bridgehead atoms. The van der Waals surface area contributed by atoms with Crippen molar-refractivity contribution >= 4 is 12.2 Å². The topological polar surface area (TPSA) is 24.0 Å². The molecule has 0 saturated carbocycles. The predicted octanol–water partition coefficient (Wildman–Crippen LogP) is 3.55. The Morgan fingerprint density at radius 1 is 1.16 bits per heavy atom. The van der Waals surface area contributed by atoms with Gasteiger partial charge in [-0.15, -0.1) is 0 Å². The van der Waals surface area contributed by atoms with Crippen molar-refractivity contribution in [2.75, 3.05) is 20.6 Å². The molecule has 2 rings (SSSR count). The van der Waals surface area contributed by atoms with Crippen LogP contribution in [-0.4, -0.2) is 35.1 Å². The molecule has 0 radical (unpaired) electrons. The van der Waals surface area contributed by atoms with Crippen LogP contribution in [0.2, 0.25) is 0 Å². The van der Waals surface area contributed by atoms with E-state index in [0.29, 0.717) is 0 Å². The van der Waals surface area contributed by atoms with Crippen LogP contribution < -0.4 is 0 Å². The van der Waals surface area contributed by atoms with Crippen LogP contribution in [0.5, 0.6) is 0 Å². The van der Waals surface area contributed by atoms with E-state index in [1.807, 2.05) is 12.3 Å². The van der Waals surface area contributed by atoms with Crippen molar-refractivity contribution in [1.29, 1.82) is 0 Å². The number of hydrogen-bond acceptors (Lipinski definition) is 2. The highest BCUT2D eigenvalue weighted by Gasteiger charge is 2.05. The quantitative estimate of drug-likeness (QED) is 0.644. The van der Waals surface area contributed by atoms with Crippen LogP contribution in [0, 0.1) is 4.77 Å². The fourth-order valence-electron chi connectivity index (χ4n) is 2.16. The first-order chi connectivity index (χ1) is 9.18. The lowest BCUT2D eigenvalue weighted by molar-refractivity contribution is 0.387. The highest BCUT2D eigenvalue weighted by Crippen LogP contribution is 2.19. The number of aromatic nitrogens is 2. The Morgan fingerprint density at radius 2 is 1.89 bits per heavy atom. The second-order valence-corrected chi connectivity index (χ2v) is 5.39. The number of unbranched alkanes of at least 4 members (excludes halogenated alkanes) is 1. The third-order valence-electron chi connectivity index (χ3n) is 3.17. The van der Waals surface area contributed by atoms with Crippen LogP contribution >= 0.6 is 12.2 Å². The van der Waals surface area contributed by atoms with Gasteiger partial charge in [-0.05, 0) is 51.3 Å². The first-order valence-electron chi connectivity index (χ1n) is 6.67. The monoisotopic (exact) mass is 275 g/mol. The molecule has 0 spiro atoms. The van der Waals surface area contributed by atoms with E-state index >= 15 is 0 Å². The molecule has 0 unspecified atom stereocenters. The molecule has 1 aromatic carbocycles. The molecule has 0 atom stereocenters. The summed E-state index contributed by atoms with van der Waals surface area (Å²) in [6.07, 6.45) is 4.34. The molecule has 0 amide bonds. The van der Waals surface area contributed by atoms with Crippen molar-refractivity contribution in [2.45, 2.75) is 19.4 Å². The SMILES string of the molecule is CN(C)CCCCn1c(-c2ccccc2)c[nH]c1=S. The maximum absolute atomic E-state index is 5.37. The lowest BCUT2D eigenvalue weighted by atomic mass is 10.1. The summed E-state index contributed by atoms with van der Waals surface area (Å²) in [6, 6.07) is 10.4. The number of H-pyrrole nitrogens is 1. The van der Waals surface area contributed by atoms with Crippen molar-refractivity contribution < 1.29 is 0 Å². The van der Waals surface area contributed by atoms with Crippen LogP contribution in [0.4, 0.5) is 0 Å². The Kier molecular flexibility index (Phi) is 4.93. The summed E-state index contributed by atoms with van der Waals surface area (Å²) in [4.78, 5) is 5.37. The number of imidazole rings is 1. The highest BCUT2D eigenvalue weighted by molar-refractivity contribution is 7.71. The van der Waals surface area contributed by atoms with Crippen molar-refractivity contribution in [3.05, 3.63) is 41.3 Å². The van der Waals surface area contributed by atoms with Crippen molar-refractivity contribution in [2.24, 2.45) is 0 Å². The molecule has 102 valence electrons. The number of rotatable bonds is 6. The second kappa shape index (κ2) is 6.68. The Balaban J connectivity index is 2.08. The van der Waals surface area contributed by atoms with Gasteiger partial charge in [0.25, 0.3) is 0 Å². The Labute approximate surface area is 119 Å². The van der Waals surface area contributed by atoms with Gasteiger partial charge in [0.15, 0.2) is 4.77 Å². The molecule has 19 heavy (non-hydrogen) atoms. The molecular weight excluding hydrogens is 254 g/mol. The fourth-order valence-corrected chi connectivity index (χ4v) is 2.41. The maximum atomic E-state index is 5.37. The Hall–Kier alpha value is -1.39. The van der Waals surface area contributed by atoms with Gasteiger partial charge >= 0.3 is 0 Å². The molecule has 0 saturated heterocycles. The molecular formula is C15H21N3S. The zero-order chi connectivity index (χ0) is 13.7. The van der Waals surface area contributed by atoms with Crippen LogP contribution in [0.25, 0.3) is 11.3 Å². The van der Waals surface area contributed by atoms with E-state index < -0.39 is 0 Å². The number of aromatic amines is 1. The van der Waals surface area contributed by atoms with E-state index in [1.54, 1.807) is 0 Å². The summed E-state index contributed by atoms with van der Waals surface area (Å²) in [7, 11) is 4.22. The smallest absolute Gasteiger partial charge is 0.177 e. The average molecular weight is 275 g/mol. The average Bonchev–Trinajstić information content (AvgIpc) is 2.77. The van der Waals surface area contributed by atoms with Crippen molar-refractivity contribution in [1.82, 2.24) is 14.5 Å². The van der Waals surface area contributed by atoms with E-state index in [4.69, 9.17) is 12.2 Å². The van der Waals surface area contributed by atoms with E-state index in [9.17, 15) is 0 Å². The Bertz CT molecular complexity index is 554. The third kappa shape index (κ3) is 3.78. The lowest BCUT2D eigenvalue weighted by Gasteiger charge is -2.11. The number of nitrogens with one attached hydrogen (secondary N) is 1. The normalized spacial score (nSPS) is 11.1. The minimum Gasteiger partial charge on any atom is -0.337 e. The standard InChI is InChI=1S/C15H21N3S/c1-17(2)10-6-7-11-18-14(12-16-15(18)19)13-8-4-3-5-9-13/h3-5,8-9,12H,6-7,10-11H2,1-2H3,(H,16,19). The van der Waals surface area contributed by atoms with Gasteiger partial charge in [0.1, 0.15) is 0 Å². The molecule has 2 aromatic rings. The zero-order valence-corrected chi connectivity index (χ0v) is 12.4. The molecule has 1 aromatic heterocycles. The largest absolute Gasteiger partial charge is 0.337 e. The molecule has 1 N–H and O–H groups in total. The van der Waals surface area contributed by atoms with Crippen molar-refractivity contribution in [3.8, 4) is 11.3 Å². The van der Waals surface area contributed by atoms with E-state index in [2.05, 4.69) is 52.8 Å². The van der Waals surface area contributed by atoms with Crippen LogP contribution in [0.1, 0.15) is 12.8 Å². The zero-order valence-electron chi connectivity index (χ0n) is 11.6. The van der Waals surface area contributed by atoms with Crippen LogP contribution in [-0.2, 0) is 6.54 Å². The first kappa shape index (κ1) is 14.0. The Morgan fingerprint density at radius 3 is 2.58 bits per heavy atom. The summed E-state index contributed by atoms with van der Waals surface area (Å²) in [6.45, 7) is 2.10. The van der Waals surface area contributed by atoms with Gasteiger partial charge in [-0.3, -0.25) is 0 Å². The molecule has 3 nitrogen and oxygen atoms in total. The minimum atomic E-state index is 0.809. The van der Waals surface area contributed by atoms with Gasteiger partial charge in [0.2, 0.25) is 0 Å². The number of benzene rings is 1. The molecule has 0 aliphatic heterocycles. The summed E-state index contributed by atoms with van der Waals surface area (Å²) >= 11 is 5.37. The third-order valence-corrected chi connectivity index (χ3v) is 3.51. The van der Waals surface area contributed by atoms with E-state index in [-0.39, 0.29) is 0 Å². The molecule has 4 heteroatoms. The number of hydrogen-bond donors (Lipinski definition) is 1. The summed E-state index contributed by atoms with van der Waals surface area (Å²) < 4.78 is 3.00. The number of nitrogens with zero attached hydrogens (tertiary/aromatic N) is 2. The lowest BCUT2D eigenvalue weighted by Crippen LogP contribution is -2.13. The van der Waals surface area contributed by atoms with Crippen LogP contribution in [0.15, 0.2) is 36.5 Å². The summed E-state index contributed by atoms with van der Waals surface area (Å²) in [5, 5.41) is 0. The molecule has 0 fully saturated rings. The van der Waals surface area contributed by atoms with Gasteiger partial charge < -0.3 is 14.5 Å². The van der Waals surface area contributed by atoms with Gasteiger partial charge in [0, 0.05) is 12.7 Å². The minimum absolute atomic E-state index is 0.809. The molecule has 0 aliphatic rings. The molecule has 0 aliphatic carbocycles. The predicted molar refractivity (Wildman–Crippen MR) is 82.8 cm³/mol. The van der Waals surface area contributed by atoms with E-state index in [0.717, 1.165) is 24.3 Å². The van der Waals surface area contributed by atoms with Gasteiger partial charge in [0.05, 0.1) is 5.69 Å². The summed E-state index contributed by atoms with van der Waals surface area (Å²) in [5.41, 5.74) is 2.39. The maximum Gasteiger partial charge on any atom is 0.177 e. The summed E-state index contributed by atoms with van der Waals surface area (Å²) in [5.74, 6) is 0. The van der Waals surface area contributed by atoms with Gasteiger partial charge in [-0.25, -0.2) is 0 Å². The first-order valence-corrected chi connectivity index (χ1v) is 7.07. The van der Waals surface area contributed by atoms with E-state index in [1.165, 1.54) is 17.7 Å². The highest BCUT2D eigenvalue weighted by atomic mass is 32.1. The van der Waals surface area contributed by atoms with Crippen molar-refractivity contribution in [3.63, 3.8) is 0 Å². The second-order valence-electron chi connectivity index (χ2n) is 5.01. The van der Waals surface area contributed by atoms with Crippen LogP contribution in [0.3, 0.4) is 0 Å². The molecule has 1 heterocycles. The van der Waals surface area contributed by atoms with Gasteiger partial charge in [-0.2, -0.15) is 0 Å².